The van der Waals surface area contributed by atoms with Crippen LogP contribution in [0.5, 0.6) is 0 Å². The predicted octanol–water partition coefficient (Wildman–Crippen LogP) is 4.01. The van der Waals surface area contributed by atoms with Crippen LogP contribution in [-0.4, -0.2) is 27.6 Å². The fraction of sp³-hybridized carbons (Fsp3) is 0.333. The van der Waals surface area contributed by atoms with Crippen LogP contribution in [0.2, 0.25) is 0 Å². The van der Waals surface area contributed by atoms with Crippen molar-refractivity contribution in [2.45, 2.75) is 45.6 Å². The summed E-state index contributed by atoms with van der Waals surface area (Å²) in [5.74, 6) is -0.404. The Hall–Kier alpha value is -3.62. The molecular weight excluding hydrogens is 390 g/mol. The van der Waals surface area contributed by atoms with E-state index in [1.54, 1.807) is 6.07 Å². The van der Waals surface area contributed by atoms with E-state index < -0.39 is 9.85 Å². The summed E-state index contributed by atoms with van der Waals surface area (Å²) in [6, 6.07) is 8.30. The maximum atomic E-state index is 13.2. The summed E-state index contributed by atoms with van der Waals surface area (Å²) in [7, 11) is 0. The maximum Gasteiger partial charge on any atom is 0.274 e. The topological polar surface area (TPSA) is 124 Å². The van der Waals surface area contributed by atoms with Crippen LogP contribution < -0.4 is 4.90 Å². The second kappa shape index (κ2) is 8.40. The average Bonchev–Trinajstić information content (AvgIpc) is 2.71. The van der Waals surface area contributed by atoms with Gasteiger partial charge in [0.05, 0.1) is 21.1 Å². The molecule has 9 heteroatoms. The number of amides is 1. The third kappa shape index (κ3) is 4.19. The Morgan fingerprint density at radius 3 is 2.33 bits per heavy atom. The lowest BCUT2D eigenvalue weighted by molar-refractivity contribution is -0.385. The molecule has 156 valence electrons. The number of benzene rings is 2. The first-order valence-corrected chi connectivity index (χ1v) is 9.56. The Bertz CT molecular complexity index is 1030. The summed E-state index contributed by atoms with van der Waals surface area (Å²) in [5, 5.41) is 22.5. The Labute approximate surface area is 172 Å². The minimum Gasteiger partial charge on any atom is -0.305 e. The summed E-state index contributed by atoms with van der Waals surface area (Å²) in [6.45, 7) is 3.32. The Balaban J connectivity index is 2.06. The first-order chi connectivity index (χ1) is 14.2. The van der Waals surface area contributed by atoms with E-state index in [0.717, 1.165) is 0 Å². The van der Waals surface area contributed by atoms with Gasteiger partial charge in [-0.2, -0.15) is 0 Å². The van der Waals surface area contributed by atoms with Gasteiger partial charge in [0, 0.05) is 36.2 Å². The largest absolute Gasteiger partial charge is 0.305 e. The minimum absolute atomic E-state index is 0.0254. The summed E-state index contributed by atoms with van der Waals surface area (Å²) < 4.78 is 0. The fourth-order valence-corrected chi connectivity index (χ4v) is 3.69. The molecule has 0 saturated carbocycles. The lowest BCUT2D eigenvalue weighted by Gasteiger charge is -2.35. The lowest BCUT2D eigenvalue weighted by atomic mass is 9.91. The number of non-ortho nitro benzene ring substituents is 1. The van der Waals surface area contributed by atoms with E-state index in [9.17, 15) is 29.8 Å². The van der Waals surface area contributed by atoms with Crippen molar-refractivity contribution < 1.29 is 19.4 Å². The quantitative estimate of drug-likeness (QED) is 0.523. The third-order valence-electron chi connectivity index (χ3n) is 5.28. The molecule has 1 aliphatic heterocycles. The summed E-state index contributed by atoms with van der Waals surface area (Å²) >= 11 is 0. The van der Waals surface area contributed by atoms with Crippen molar-refractivity contribution in [2.75, 3.05) is 4.90 Å². The molecule has 1 unspecified atom stereocenters. The smallest absolute Gasteiger partial charge is 0.274 e. The lowest BCUT2D eigenvalue weighted by Crippen LogP contribution is -2.42. The molecule has 2 aromatic rings. The number of anilines is 1. The number of nitro benzene ring substituents is 2. The second-order valence-electron chi connectivity index (χ2n) is 7.44. The molecule has 0 N–H and O–H groups in total. The Kier molecular flexibility index (Phi) is 5.91. The molecule has 2 aromatic carbocycles. The Morgan fingerprint density at radius 2 is 1.77 bits per heavy atom. The number of hydrogen-bond donors (Lipinski definition) is 0. The highest BCUT2D eigenvalue weighted by atomic mass is 16.6. The van der Waals surface area contributed by atoms with Gasteiger partial charge in [0.15, 0.2) is 0 Å². The van der Waals surface area contributed by atoms with Crippen molar-refractivity contribution in [1.29, 1.82) is 0 Å². The van der Waals surface area contributed by atoms with E-state index >= 15 is 0 Å². The number of hydrogen-bond acceptors (Lipinski definition) is 6. The molecule has 1 heterocycles. The van der Waals surface area contributed by atoms with E-state index in [4.69, 9.17) is 0 Å². The first kappa shape index (κ1) is 21.1. The molecule has 9 nitrogen and oxygen atoms in total. The van der Waals surface area contributed by atoms with Gasteiger partial charge in [0.1, 0.15) is 5.78 Å². The van der Waals surface area contributed by atoms with E-state index in [1.165, 1.54) is 42.2 Å². The van der Waals surface area contributed by atoms with E-state index in [0.29, 0.717) is 36.1 Å². The van der Waals surface area contributed by atoms with E-state index in [-0.39, 0.29) is 41.1 Å². The monoisotopic (exact) mass is 411 g/mol. The van der Waals surface area contributed by atoms with Crippen molar-refractivity contribution >= 4 is 28.8 Å². The molecule has 0 spiro atoms. The van der Waals surface area contributed by atoms with Crippen molar-refractivity contribution in [3.05, 3.63) is 73.3 Å². The van der Waals surface area contributed by atoms with Crippen LogP contribution in [0.3, 0.4) is 0 Å². The van der Waals surface area contributed by atoms with E-state index in [2.05, 4.69) is 0 Å². The fourth-order valence-electron chi connectivity index (χ4n) is 3.69. The van der Waals surface area contributed by atoms with Crippen LogP contribution in [0.4, 0.5) is 17.1 Å². The first-order valence-electron chi connectivity index (χ1n) is 9.56. The second-order valence-corrected chi connectivity index (χ2v) is 7.44. The summed E-state index contributed by atoms with van der Waals surface area (Å²) in [6.07, 6.45) is 1.61. The van der Waals surface area contributed by atoms with Gasteiger partial charge in [-0.25, -0.2) is 0 Å². The van der Waals surface area contributed by atoms with Crippen molar-refractivity contribution in [1.82, 2.24) is 0 Å². The molecule has 0 aliphatic carbocycles. The van der Waals surface area contributed by atoms with Crippen LogP contribution >= 0.6 is 0 Å². The average molecular weight is 411 g/mol. The standard InChI is InChI=1S/C21H21N3O6/c1-13-3-10-18-19(11-15(5-4-14(2)25)12-20(18)24(29)30)22(13)21(26)16-6-8-17(9-7-16)23(27)28/h6-9,11-13H,3-5,10H2,1-2H3. The molecule has 0 bridgehead atoms. The van der Waals surface area contributed by atoms with Crippen LogP contribution in [-0.2, 0) is 17.6 Å². The third-order valence-corrected chi connectivity index (χ3v) is 5.28. The number of nitrogens with zero attached hydrogens (tertiary/aromatic N) is 3. The normalized spacial score (nSPS) is 15.4. The van der Waals surface area contributed by atoms with Gasteiger partial charge < -0.3 is 9.69 Å². The highest BCUT2D eigenvalue weighted by Gasteiger charge is 2.34. The van der Waals surface area contributed by atoms with Crippen LogP contribution in [0, 0.1) is 20.2 Å². The summed E-state index contributed by atoms with van der Waals surface area (Å²) in [5.41, 5.74) is 1.65. The Morgan fingerprint density at radius 1 is 1.10 bits per heavy atom. The van der Waals surface area contributed by atoms with Crippen molar-refractivity contribution in [3.8, 4) is 0 Å². The zero-order chi connectivity index (χ0) is 22.0. The number of carbonyl (C=O) groups excluding carboxylic acids is 2. The molecule has 1 amide bonds. The van der Waals surface area contributed by atoms with Gasteiger partial charge in [0.2, 0.25) is 0 Å². The summed E-state index contributed by atoms with van der Waals surface area (Å²) in [4.78, 5) is 47.7. The number of carbonyl (C=O) groups is 2. The van der Waals surface area contributed by atoms with Gasteiger partial charge in [-0.1, -0.05) is 0 Å². The van der Waals surface area contributed by atoms with Gasteiger partial charge >= 0.3 is 0 Å². The molecular formula is C21H21N3O6. The SMILES string of the molecule is CC(=O)CCc1cc2c(c([N+](=O)[O-])c1)CCC(C)N2C(=O)c1ccc([N+](=O)[O-])cc1. The van der Waals surface area contributed by atoms with Gasteiger partial charge in [-0.05, 0) is 56.9 Å². The maximum absolute atomic E-state index is 13.2. The zero-order valence-corrected chi connectivity index (χ0v) is 16.7. The highest BCUT2D eigenvalue weighted by Crippen LogP contribution is 2.39. The zero-order valence-electron chi connectivity index (χ0n) is 16.7. The molecule has 0 saturated heterocycles. The minimum atomic E-state index is -0.544. The molecule has 30 heavy (non-hydrogen) atoms. The van der Waals surface area contributed by atoms with Gasteiger partial charge in [-0.3, -0.25) is 25.0 Å². The van der Waals surface area contributed by atoms with E-state index in [1.807, 2.05) is 6.92 Å². The van der Waals surface area contributed by atoms with Crippen molar-refractivity contribution in [3.63, 3.8) is 0 Å². The van der Waals surface area contributed by atoms with Crippen LogP contribution in [0.15, 0.2) is 36.4 Å². The number of rotatable bonds is 6. The number of fused-ring (bicyclic) bond motifs is 1. The number of nitro groups is 2. The molecule has 0 radical (unpaired) electrons. The predicted molar refractivity (Wildman–Crippen MR) is 110 cm³/mol. The molecule has 1 atom stereocenters. The van der Waals surface area contributed by atoms with Crippen LogP contribution in [0.1, 0.15) is 48.2 Å². The molecule has 0 aromatic heterocycles. The molecule has 3 rings (SSSR count). The molecule has 0 fully saturated rings. The number of ketones is 1. The van der Waals surface area contributed by atoms with Gasteiger partial charge in [-0.15, -0.1) is 0 Å². The van der Waals surface area contributed by atoms with Crippen LogP contribution in [0.25, 0.3) is 0 Å². The number of Topliss-reactive ketones (excluding diaryl/α,β-unsaturated/α-hetero) is 1. The highest BCUT2D eigenvalue weighted by molar-refractivity contribution is 6.07. The molecule has 1 aliphatic rings. The number of aryl methyl sites for hydroxylation is 1. The van der Waals surface area contributed by atoms with Gasteiger partial charge in [0.25, 0.3) is 17.3 Å². The van der Waals surface area contributed by atoms with Crippen molar-refractivity contribution in [2.24, 2.45) is 0 Å².